The molecule has 15 heavy (non-hydrogen) atoms. The number of hydrogen-bond donors (Lipinski definition) is 2. The Morgan fingerprint density at radius 2 is 2.27 bits per heavy atom. The van der Waals surface area contributed by atoms with Crippen molar-refractivity contribution in [3.8, 4) is 0 Å². The number of amides is 1. The van der Waals surface area contributed by atoms with Crippen LogP contribution < -0.4 is 11.1 Å². The van der Waals surface area contributed by atoms with E-state index in [0.29, 0.717) is 12.0 Å². The number of nitrogens with one attached hydrogen (secondary N) is 1. The fourth-order valence-corrected chi connectivity index (χ4v) is 2.12. The molecule has 0 aromatic carbocycles. The van der Waals surface area contributed by atoms with Crippen molar-refractivity contribution in [1.82, 2.24) is 5.32 Å². The van der Waals surface area contributed by atoms with E-state index in [2.05, 4.69) is 5.32 Å². The molecule has 3 heteroatoms. The first kappa shape index (κ1) is 12.5. The molecule has 1 rings (SSSR count). The highest BCUT2D eigenvalue weighted by Crippen LogP contribution is 2.22. The van der Waals surface area contributed by atoms with E-state index in [9.17, 15) is 4.79 Å². The largest absolute Gasteiger partial charge is 0.356 e. The Morgan fingerprint density at radius 3 is 2.87 bits per heavy atom. The van der Waals surface area contributed by atoms with E-state index >= 15 is 0 Å². The van der Waals surface area contributed by atoms with Crippen molar-refractivity contribution in [3.05, 3.63) is 0 Å². The van der Waals surface area contributed by atoms with Crippen LogP contribution in [0.4, 0.5) is 0 Å². The summed E-state index contributed by atoms with van der Waals surface area (Å²) < 4.78 is 0. The third-order valence-electron chi connectivity index (χ3n) is 3.45. The van der Waals surface area contributed by atoms with Crippen LogP contribution in [0.15, 0.2) is 0 Å². The molecular formula is C12H24N2O. The molecule has 88 valence electrons. The van der Waals surface area contributed by atoms with Crippen molar-refractivity contribution in [1.29, 1.82) is 0 Å². The lowest BCUT2D eigenvalue weighted by atomic mass is 9.86. The van der Waals surface area contributed by atoms with Gasteiger partial charge in [0.05, 0.1) is 0 Å². The maximum absolute atomic E-state index is 11.6. The Morgan fingerprint density at radius 1 is 1.53 bits per heavy atom. The Bertz CT molecular complexity index is 206. The lowest BCUT2D eigenvalue weighted by Crippen LogP contribution is -2.37. The molecule has 0 aromatic rings. The van der Waals surface area contributed by atoms with Gasteiger partial charge in [0.2, 0.25) is 5.91 Å². The standard InChI is InChI=1S/C12H24N2O/c1-3-9(2)12(15)14-8-10-5-4-6-11(13)7-10/h9-11H,3-8,13H2,1-2H3,(H,14,15). The van der Waals surface area contributed by atoms with Crippen LogP contribution in [0.2, 0.25) is 0 Å². The zero-order valence-electron chi connectivity index (χ0n) is 9.96. The first-order chi connectivity index (χ1) is 7.13. The van der Waals surface area contributed by atoms with Gasteiger partial charge in [-0.1, -0.05) is 20.3 Å². The summed E-state index contributed by atoms with van der Waals surface area (Å²) >= 11 is 0. The zero-order valence-corrected chi connectivity index (χ0v) is 9.96. The molecule has 0 bridgehead atoms. The quantitative estimate of drug-likeness (QED) is 0.744. The van der Waals surface area contributed by atoms with Gasteiger partial charge >= 0.3 is 0 Å². The topological polar surface area (TPSA) is 55.1 Å². The van der Waals surface area contributed by atoms with E-state index < -0.39 is 0 Å². The molecule has 0 heterocycles. The van der Waals surface area contributed by atoms with Crippen molar-refractivity contribution in [2.45, 2.75) is 52.0 Å². The van der Waals surface area contributed by atoms with Gasteiger partial charge in [0, 0.05) is 18.5 Å². The van der Waals surface area contributed by atoms with Crippen LogP contribution in [0.25, 0.3) is 0 Å². The van der Waals surface area contributed by atoms with Crippen LogP contribution in [0.1, 0.15) is 46.0 Å². The monoisotopic (exact) mass is 212 g/mol. The average molecular weight is 212 g/mol. The normalized spacial score (nSPS) is 28.5. The minimum Gasteiger partial charge on any atom is -0.356 e. The Hall–Kier alpha value is -0.570. The fraction of sp³-hybridized carbons (Fsp3) is 0.917. The predicted molar refractivity (Wildman–Crippen MR) is 62.4 cm³/mol. The summed E-state index contributed by atoms with van der Waals surface area (Å²) in [6.07, 6.45) is 5.56. The first-order valence-electron chi connectivity index (χ1n) is 6.16. The van der Waals surface area contributed by atoms with Crippen molar-refractivity contribution >= 4 is 5.91 Å². The SMILES string of the molecule is CCC(C)C(=O)NCC1CCCC(N)C1. The molecule has 1 aliphatic rings. The van der Waals surface area contributed by atoms with Crippen molar-refractivity contribution < 1.29 is 4.79 Å². The molecule has 0 aliphatic heterocycles. The summed E-state index contributed by atoms with van der Waals surface area (Å²) in [5.74, 6) is 0.931. The molecule has 3 nitrogen and oxygen atoms in total. The predicted octanol–water partition coefficient (Wildman–Crippen LogP) is 1.67. The zero-order chi connectivity index (χ0) is 11.3. The van der Waals surface area contributed by atoms with Gasteiger partial charge in [-0.25, -0.2) is 0 Å². The van der Waals surface area contributed by atoms with Crippen LogP contribution in [-0.4, -0.2) is 18.5 Å². The second-order valence-corrected chi connectivity index (χ2v) is 4.85. The van der Waals surface area contributed by atoms with E-state index in [1.165, 1.54) is 12.8 Å². The van der Waals surface area contributed by atoms with Gasteiger partial charge in [0.15, 0.2) is 0 Å². The van der Waals surface area contributed by atoms with Gasteiger partial charge in [-0.2, -0.15) is 0 Å². The molecule has 0 radical (unpaired) electrons. The molecule has 3 atom stereocenters. The number of nitrogens with two attached hydrogens (primary N) is 1. The van der Waals surface area contributed by atoms with Gasteiger partial charge in [-0.15, -0.1) is 0 Å². The summed E-state index contributed by atoms with van der Waals surface area (Å²) in [5.41, 5.74) is 5.90. The van der Waals surface area contributed by atoms with Gasteiger partial charge in [-0.05, 0) is 31.6 Å². The molecule has 0 spiro atoms. The summed E-state index contributed by atoms with van der Waals surface area (Å²) in [7, 11) is 0. The second kappa shape index (κ2) is 6.11. The maximum Gasteiger partial charge on any atom is 0.222 e. The molecular weight excluding hydrogens is 188 g/mol. The fourth-order valence-electron chi connectivity index (χ4n) is 2.12. The highest BCUT2D eigenvalue weighted by Gasteiger charge is 2.20. The Balaban J connectivity index is 2.21. The Kier molecular flexibility index (Phi) is 5.09. The van der Waals surface area contributed by atoms with Crippen molar-refractivity contribution in [2.75, 3.05) is 6.54 Å². The lowest BCUT2D eigenvalue weighted by Gasteiger charge is -2.27. The van der Waals surface area contributed by atoms with Crippen LogP contribution in [-0.2, 0) is 4.79 Å². The molecule has 1 saturated carbocycles. The molecule has 0 saturated heterocycles. The Labute approximate surface area is 92.8 Å². The van der Waals surface area contributed by atoms with Crippen LogP contribution >= 0.6 is 0 Å². The van der Waals surface area contributed by atoms with E-state index in [1.807, 2.05) is 13.8 Å². The summed E-state index contributed by atoms with van der Waals surface area (Å²) in [6.45, 7) is 4.83. The van der Waals surface area contributed by atoms with Crippen molar-refractivity contribution in [2.24, 2.45) is 17.6 Å². The maximum atomic E-state index is 11.6. The summed E-state index contributed by atoms with van der Waals surface area (Å²) in [4.78, 5) is 11.6. The average Bonchev–Trinajstić information content (AvgIpc) is 2.25. The molecule has 1 aliphatic carbocycles. The first-order valence-corrected chi connectivity index (χ1v) is 6.16. The van der Waals surface area contributed by atoms with E-state index in [1.54, 1.807) is 0 Å². The third-order valence-corrected chi connectivity index (χ3v) is 3.45. The number of rotatable bonds is 4. The molecule has 0 aromatic heterocycles. The smallest absolute Gasteiger partial charge is 0.222 e. The van der Waals surface area contributed by atoms with Crippen LogP contribution in [0, 0.1) is 11.8 Å². The van der Waals surface area contributed by atoms with Crippen LogP contribution in [0.5, 0.6) is 0 Å². The van der Waals surface area contributed by atoms with E-state index in [0.717, 1.165) is 25.8 Å². The molecule has 3 unspecified atom stereocenters. The van der Waals surface area contributed by atoms with Crippen molar-refractivity contribution in [3.63, 3.8) is 0 Å². The van der Waals surface area contributed by atoms with Gasteiger partial charge in [0.25, 0.3) is 0 Å². The summed E-state index contributed by atoms with van der Waals surface area (Å²) in [6, 6.07) is 0.351. The van der Waals surface area contributed by atoms with Gasteiger partial charge in [0.1, 0.15) is 0 Å². The number of carbonyl (C=O) groups excluding carboxylic acids is 1. The minimum absolute atomic E-state index is 0.141. The molecule has 1 fully saturated rings. The van der Waals surface area contributed by atoms with E-state index in [4.69, 9.17) is 5.73 Å². The number of carbonyl (C=O) groups is 1. The third kappa shape index (κ3) is 4.20. The second-order valence-electron chi connectivity index (χ2n) is 4.85. The highest BCUT2D eigenvalue weighted by atomic mass is 16.1. The highest BCUT2D eigenvalue weighted by molar-refractivity contribution is 5.78. The van der Waals surface area contributed by atoms with E-state index in [-0.39, 0.29) is 11.8 Å². The lowest BCUT2D eigenvalue weighted by molar-refractivity contribution is -0.124. The van der Waals surface area contributed by atoms with Crippen LogP contribution in [0.3, 0.4) is 0 Å². The van der Waals surface area contributed by atoms with Gasteiger partial charge < -0.3 is 11.1 Å². The molecule has 1 amide bonds. The summed E-state index contributed by atoms with van der Waals surface area (Å²) in [5, 5.41) is 3.03. The molecule has 3 N–H and O–H groups in total. The minimum atomic E-state index is 0.141. The van der Waals surface area contributed by atoms with Gasteiger partial charge in [-0.3, -0.25) is 4.79 Å². The number of hydrogen-bond acceptors (Lipinski definition) is 2.